The number of hydrogen-bond donors (Lipinski definition) is 1. The number of thioether (sulfide) groups is 1. The molecule has 1 atom stereocenters. The number of hydrogen-bond acceptors (Lipinski definition) is 4. The summed E-state index contributed by atoms with van der Waals surface area (Å²) in [5.74, 6) is 0.0167. The summed E-state index contributed by atoms with van der Waals surface area (Å²) in [5.41, 5.74) is 0.689. The van der Waals surface area contributed by atoms with Crippen molar-refractivity contribution in [2.24, 2.45) is 0 Å². The molecular weight excluding hydrogens is 300 g/mol. The topological polar surface area (TPSA) is 58.6 Å². The molecule has 120 valence electrons. The average molecular weight is 322 g/mol. The molecule has 1 unspecified atom stereocenters. The molecule has 1 aliphatic rings. The van der Waals surface area contributed by atoms with Gasteiger partial charge in [-0.1, -0.05) is 0 Å². The first-order valence-electron chi connectivity index (χ1n) is 7.50. The Kier molecular flexibility index (Phi) is 6.12. The van der Waals surface area contributed by atoms with E-state index in [2.05, 4.69) is 5.32 Å². The van der Waals surface area contributed by atoms with E-state index >= 15 is 0 Å². The van der Waals surface area contributed by atoms with Gasteiger partial charge < -0.3 is 15.0 Å². The number of amides is 2. The van der Waals surface area contributed by atoms with Crippen molar-refractivity contribution in [1.82, 2.24) is 10.2 Å². The summed E-state index contributed by atoms with van der Waals surface area (Å²) >= 11 is 1.65. The average Bonchev–Trinajstić information content (AvgIpc) is 2.54. The summed E-state index contributed by atoms with van der Waals surface area (Å²) in [6, 6.07) is 7.58. The van der Waals surface area contributed by atoms with Crippen molar-refractivity contribution >= 4 is 23.8 Å². The lowest BCUT2D eigenvalue weighted by Crippen LogP contribution is -2.49. The highest BCUT2D eigenvalue weighted by molar-refractivity contribution is 7.98. The van der Waals surface area contributed by atoms with Gasteiger partial charge in [0.25, 0.3) is 5.91 Å². The first-order valence-corrected chi connectivity index (χ1v) is 8.73. The highest BCUT2D eigenvalue weighted by atomic mass is 32.2. The molecule has 0 saturated carbocycles. The third-order valence-corrected chi connectivity index (χ3v) is 4.39. The van der Waals surface area contributed by atoms with Gasteiger partial charge in [-0.2, -0.15) is 0 Å². The van der Waals surface area contributed by atoms with E-state index in [0.29, 0.717) is 18.7 Å². The predicted molar refractivity (Wildman–Crippen MR) is 87.3 cm³/mol. The number of alkyl carbamates (subject to hydrolysis) is 1. The zero-order chi connectivity index (χ0) is 15.9. The quantitative estimate of drug-likeness (QED) is 0.866. The van der Waals surface area contributed by atoms with Gasteiger partial charge >= 0.3 is 6.09 Å². The van der Waals surface area contributed by atoms with Crippen LogP contribution < -0.4 is 5.32 Å². The number of carbonyl (C=O) groups is 2. The van der Waals surface area contributed by atoms with Crippen LogP contribution in [0.4, 0.5) is 4.79 Å². The Morgan fingerprint density at radius 3 is 2.73 bits per heavy atom. The second-order valence-corrected chi connectivity index (χ2v) is 6.06. The smallest absolute Gasteiger partial charge is 0.407 e. The van der Waals surface area contributed by atoms with Crippen LogP contribution >= 0.6 is 11.8 Å². The monoisotopic (exact) mass is 322 g/mol. The standard InChI is InChI=1S/C16H22N2O3S/c1-3-21-16(20)17-13-5-4-10-18(11-13)15(19)12-6-8-14(22-2)9-7-12/h6-9,13H,3-5,10-11H2,1-2H3,(H,17,20). The zero-order valence-corrected chi connectivity index (χ0v) is 13.8. The number of benzene rings is 1. The van der Waals surface area contributed by atoms with Crippen LogP contribution in [0, 0.1) is 0 Å². The van der Waals surface area contributed by atoms with Crippen molar-refractivity contribution in [3.8, 4) is 0 Å². The largest absolute Gasteiger partial charge is 0.450 e. The number of nitrogens with zero attached hydrogens (tertiary/aromatic N) is 1. The normalized spacial score (nSPS) is 17.9. The SMILES string of the molecule is CCOC(=O)NC1CCCN(C(=O)c2ccc(SC)cc2)C1. The van der Waals surface area contributed by atoms with Crippen LogP contribution in [0.5, 0.6) is 0 Å². The Morgan fingerprint density at radius 1 is 1.36 bits per heavy atom. The van der Waals surface area contributed by atoms with E-state index in [9.17, 15) is 9.59 Å². The molecule has 1 aliphatic heterocycles. The summed E-state index contributed by atoms with van der Waals surface area (Å²) in [6.07, 6.45) is 3.35. The molecule has 1 N–H and O–H groups in total. The summed E-state index contributed by atoms with van der Waals surface area (Å²) in [7, 11) is 0. The third kappa shape index (κ3) is 4.40. The molecule has 0 radical (unpaired) electrons. The first kappa shape index (κ1) is 16.7. The van der Waals surface area contributed by atoms with Gasteiger partial charge in [0.1, 0.15) is 0 Å². The van der Waals surface area contributed by atoms with Gasteiger partial charge in [-0.25, -0.2) is 4.79 Å². The van der Waals surface area contributed by atoms with Crippen LogP contribution in [0.15, 0.2) is 29.2 Å². The van der Waals surface area contributed by atoms with Crippen molar-refractivity contribution in [2.45, 2.75) is 30.7 Å². The molecule has 1 aromatic rings. The number of rotatable bonds is 4. The lowest BCUT2D eigenvalue weighted by atomic mass is 10.0. The molecule has 0 aromatic heterocycles. The van der Waals surface area contributed by atoms with Gasteiger partial charge in [0.15, 0.2) is 0 Å². The minimum atomic E-state index is -0.411. The maximum atomic E-state index is 12.5. The molecule has 1 heterocycles. The molecule has 1 aromatic carbocycles. The summed E-state index contributed by atoms with van der Waals surface area (Å²) in [5, 5.41) is 2.82. The molecule has 5 nitrogen and oxygen atoms in total. The van der Waals surface area contributed by atoms with E-state index in [1.165, 1.54) is 0 Å². The van der Waals surface area contributed by atoms with E-state index in [0.717, 1.165) is 24.3 Å². The molecule has 2 amide bonds. The third-order valence-electron chi connectivity index (χ3n) is 3.64. The second-order valence-electron chi connectivity index (χ2n) is 5.18. The van der Waals surface area contributed by atoms with E-state index < -0.39 is 6.09 Å². The van der Waals surface area contributed by atoms with E-state index in [4.69, 9.17) is 4.74 Å². The Bertz CT molecular complexity index is 519. The van der Waals surface area contributed by atoms with Crippen LogP contribution in [0.1, 0.15) is 30.1 Å². The summed E-state index contributed by atoms with van der Waals surface area (Å²) in [6.45, 7) is 3.38. The van der Waals surface area contributed by atoms with Crippen molar-refractivity contribution in [2.75, 3.05) is 26.0 Å². The number of carbonyl (C=O) groups excluding carboxylic acids is 2. The molecule has 22 heavy (non-hydrogen) atoms. The van der Waals surface area contributed by atoms with Crippen LogP contribution in [0.25, 0.3) is 0 Å². The summed E-state index contributed by atoms with van der Waals surface area (Å²) in [4.78, 5) is 27.0. The van der Waals surface area contributed by atoms with Crippen LogP contribution in [0.3, 0.4) is 0 Å². The highest BCUT2D eigenvalue weighted by Crippen LogP contribution is 2.18. The minimum Gasteiger partial charge on any atom is -0.450 e. The highest BCUT2D eigenvalue weighted by Gasteiger charge is 2.25. The first-order chi connectivity index (χ1) is 10.6. The molecule has 0 aliphatic carbocycles. The van der Waals surface area contributed by atoms with Gasteiger partial charge in [0, 0.05) is 29.6 Å². The zero-order valence-electron chi connectivity index (χ0n) is 13.0. The Hall–Kier alpha value is -1.69. The van der Waals surface area contributed by atoms with Gasteiger partial charge in [0.2, 0.25) is 0 Å². The van der Waals surface area contributed by atoms with Crippen LogP contribution in [-0.2, 0) is 4.74 Å². The van der Waals surface area contributed by atoms with E-state index in [-0.39, 0.29) is 11.9 Å². The van der Waals surface area contributed by atoms with E-state index in [1.54, 1.807) is 23.6 Å². The fraction of sp³-hybridized carbons (Fsp3) is 0.500. The number of likely N-dealkylation sites (tertiary alicyclic amines) is 1. The Morgan fingerprint density at radius 2 is 2.09 bits per heavy atom. The summed E-state index contributed by atoms with van der Waals surface area (Å²) < 4.78 is 4.89. The van der Waals surface area contributed by atoms with Crippen LogP contribution in [0.2, 0.25) is 0 Å². The van der Waals surface area contributed by atoms with Crippen LogP contribution in [-0.4, -0.2) is 48.9 Å². The molecule has 2 rings (SSSR count). The number of ether oxygens (including phenoxy) is 1. The van der Waals surface area contributed by atoms with Gasteiger partial charge in [-0.15, -0.1) is 11.8 Å². The fourth-order valence-electron chi connectivity index (χ4n) is 2.54. The maximum Gasteiger partial charge on any atom is 0.407 e. The molecule has 1 saturated heterocycles. The Labute approximate surface area is 135 Å². The lowest BCUT2D eigenvalue weighted by Gasteiger charge is -2.33. The second kappa shape index (κ2) is 8.08. The maximum absolute atomic E-state index is 12.5. The van der Waals surface area contributed by atoms with Gasteiger partial charge in [-0.05, 0) is 50.3 Å². The molecule has 0 bridgehead atoms. The fourth-order valence-corrected chi connectivity index (χ4v) is 2.94. The van der Waals surface area contributed by atoms with E-state index in [1.807, 2.05) is 30.5 Å². The van der Waals surface area contributed by atoms with Crippen molar-refractivity contribution < 1.29 is 14.3 Å². The number of piperidine rings is 1. The minimum absolute atomic E-state index is 0.0167. The molecular formula is C16H22N2O3S. The van der Waals surface area contributed by atoms with Crippen molar-refractivity contribution in [3.05, 3.63) is 29.8 Å². The predicted octanol–water partition coefficient (Wildman–Crippen LogP) is 2.76. The van der Waals surface area contributed by atoms with Gasteiger partial charge in [-0.3, -0.25) is 4.79 Å². The molecule has 1 fully saturated rings. The van der Waals surface area contributed by atoms with Crippen molar-refractivity contribution in [1.29, 1.82) is 0 Å². The molecule has 6 heteroatoms. The van der Waals surface area contributed by atoms with Gasteiger partial charge in [0.05, 0.1) is 6.61 Å². The lowest BCUT2D eigenvalue weighted by molar-refractivity contribution is 0.0686. The molecule has 0 spiro atoms. The Balaban J connectivity index is 1.95. The van der Waals surface area contributed by atoms with Crippen molar-refractivity contribution in [3.63, 3.8) is 0 Å². The number of nitrogens with one attached hydrogen (secondary N) is 1.